The summed E-state index contributed by atoms with van der Waals surface area (Å²) >= 11 is 5.90. The summed E-state index contributed by atoms with van der Waals surface area (Å²) in [6.45, 7) is 3.13. The molecule has 3 aromatic rings. The fourth-order valence-corrected chi connectivity index (χ4v) is 4.53. The Hall–Kier alpha value is -2.68. The van der Waals surface area contributed by atoms with Crippen LogP contribution in [-0.4, -0.2) is 58.9 Å². The van der Waals surface area contributed by atoms with Gasteiger partial charge in [0.25, 0.3) is 0 Å². The fraction of sp³-hybridized carbons (Fsp3) is 0.391. The van der Waals surface area contributed by atoms with Gasteiger partial charge in [-0.2, -0.15) is 0 Å². The molecule has 9 heteroatoms. The first-order valence-corrected chi connectivity index (χ1v) is 11.0. The largest absolute Gasteiger partial charge is 0.493 e. The van der Waals surface area contributed by atoms with Crippen LogP contribution >= 0.6 is 11.6 Å². The molecule has 2 atom stereocenters. The Labute approximate surface area is 190 Å². The van der Waals surface area contributed by atoms with E-state index in [-0.39, 0.29) is 5.02 Å². The van der Waals surface area contributed by atoms with Gasteiger partial charge in [-0.3, -0.25) is 4.90 Å². The van der Waals surface area contributed by atoms with E-state index >= 15 is 0 Å². The molecule has 1 saturated heterocycles. The highest BCUT2D eigenvalue weighted by Gasteiger charge is 2.58. The zero-order valence-electron chi connectivity index (χ0n) is 17.6. The van der Waals surface area contributed by atoms with Gasteiger partial charge in [0, 0.05) is 42.7 Å². The van der Waals surface area contributed by atoms with Gasteiger partial charge in [-0.15, -0.1) is 0 Å². The molecular formula is C23H24ClFN4O3. The highest BCUT2D eigenvalue weighted by atomic mass is 35.5. The van der Waals surface area contributed by atoms with Gasteiger partial charge in [0.05, 0.1) is 29.9 Å². The van der Waals surface area contributed by atoms with Gasteiger partial charge < -0.3 is 19.9 Å². The van der Waals surface area contributed by atoms with Gasteiger partial charge in [-0.1, -0.05) is 11.6 Å². The molecule has 1 aliphatic carbocycles. The predicted octanol–water partition coefficient (Wildman–Crippen LogP) is 4.01. The number of methoxy groups -OCH3 is 1. The molecule has 0 bridgehead atoms. The summed E-state index contributed by atoms with van der Waals surface area (Å²) in [5.74, 6) is 1.70. The minimum Gasteiger partial charge on any atom is -0.493 e. The third kappa shape index (κ3) is 4.18. The van der Waals surface area contributed by atoms with Crippen molar-refractivity contribution < 1.29 is 19.0 Å². The van der Waals surface area contributed by atoms with Crippen molar-refractivity contribution in [3.05, 3.63) is 47.5 Å². The first-order chi connectivity index (χ1) is 15.4. The van der Waals surface area contributed by atoms with Crippen molar-refractivity contribution in [2.45, 2.75) is 18.4 Å². The number of hydrogen-bond acceptors (Lipinski definition) is 7. The Morgan fingerprint density at radius 3 is 2.91 bits per heavy atom. The van der Waals surface area contributed by atoms with E-state index in [4.69, 9.17) is 21.1 Å². The van der Waals surface area contributed by atoms with E-state index in [2.05, 4.69) is 20.2 Å². The molecule has 5 rings (SSSR count). The molecule has 1 unspecified atom stereocenters. The molecule has 2 aliphatic rings. The van der Waals surface area contributed by atoms with Gasteiger partial charge in [-0.25, -0.2) is 14.4 Å². The summed E-state index contributed by atoms with van der Waals surface area (Å²) in [6, 6.07) is 8.04. The Morgan fingerprint density at radius 2 is 2.16 bits per heavy atom. The maximum atomic E-state index is 13.5. The van der Waals surface area contributed by atoms with E-state index in [9.17, 15) is 9.50 Å². The van der Waals surface area contributed by atoms with E-state index in [1.165, 1.54) is 18.5 Å². The van der Waals surface area contributed by atoms with Gasteiger partial charge in [-0.05, 0) is 37.1 Å². The van der Waals surface area contributed by atoms with Gasteiger partial charge in [0.2, 0.25) is 0 Å². The number of benzene rings is 2. The summed E-state index contributed by atoms with van der Waals surface area (Å²) in [5.41, 5.74) is 0.866. The zero-order valence-corrected chi connectivity index (χ0v) is 18.4. The number of nitrogens with one attached hydrogen (secondary N) is 1. The maximum absolute atomic E-state index is 13.5. The number of aliphatic hydroxyl groups is 1. The normalized spacial score (nSPS) is 22.1. The fourth-order valence-electron chi connectivity index (χ4n) is 4.35. The smallest absolute Gasteiger partial charge is 0.162 e. The van der Waals surface area contributed by atoms with Crippen LogP contribution in [0.4, 0.5) is 15.9 Å². The predicted molar refractivity (Wildman–Crippen MR) is 120 cm³/mol. The minimum absolute atomic E-state index is 0.0291. The second kappa shape index (κ2) is 8.35. The first-order valence-electron chi connectivity index (χ1n) is 10.6. The lowest BCUT2D eigenvalue weighted by atomic mass is 10.2. The minimum atomic E-state index is -0.481. The second-order valence-corrected chi connectivity index (χ2v) is 8.85. The van der Waals surface area contributed by atoms with Crippen LogP contribution in [0.1, 0.15) is 12.8 Å². The van der Waals surface area contributed by atoms with Gasteiger partial charge in [0.15, 0.2) is 11.5 Å². The summed E-state index contributed by atoms with van der Waals surface area (Å²) < 4.78 is 25.0. The third-order valence-electron chi connectivity index (χ3n) is 6.15. The summed E-state index contributed by atoms with van der Waals surface area (Å²) in [4.78, 5) is 11.0. The van der Waals surface area contributed by atoms with Crippen molar-refractivity contribution >= 4 is 34.0 Å². The van der Waals surface area contributed by atoms with Crippen molar-refractivity contribution in [2.75, 3.05) is 38.7 Å². The molecule has 1 aliphatic heterocycles. The number of anilines is 2. The van der Waals surface area contributed by atoms with E-state index in [1.54, 1.807) is 19.2 Å². The third-order valence-corrected chi connectivity index (χ3v) is 6.44. The molecular weight excluding hydrogens is 435 g/mol. The van der Waals surface area contributed by atoms with E-state index in [0.29, 0.717) is 41.0 Å². The number of likely N-dealkylation sites (tertiary alicyclic amines) is 1. The van der Waals surface area contributed by atoms with Crippen LogP contribution < -0.4 is 14.8 Å². The lowest BCUT2D eigenvalue weighted by molar-refractivity contribution is 0.125. The molecule has 1 aromatic heterocycles. The number of nitrogens with zero attached hydrogens (tertiary/aromatic N) is 3. The molecule has 2 aromatic carbocycles. The molecule has 2 N–H and O–H groups in total. The summed E-state index contributed by atoms with van der Waals surface area (Å²) in [6.07, 6.45) is 3.23. The molecule has 0 amide bonds. The van der Waals surface area contributed by atoms with E-state index < -0.39 is 11.4 Å². The number of fused-ring (bicyclic) bond motifs is 2. The molecule has 7 nitrogen and oxygen atoms in total. The van der Waals surface area contributed by atoms with Crippen LogP contribution in [0.5, 0.6) is 11.5 Å². The Bertz CT molecular complexity index is 1160. The molecule has 2 heterocycles. The van der Waals surface area contributed by atoms with Crippen LogP contribution in [-0.2, 0) is 0 Å². The number of halogens is 2. The number of aromatic nitrogens is 2. The van der Waals surface area contributed by atoms with Crippen LogP contribution in [0.15, 0.2) is 36.7 Å². The van der Waals surface area contributed by atoms with E-state index in [1.807, 2.05) is 6.07 Å². The van der Waals surface area contributed by atoms with Gasteiger partial charge >= 0.3 is 0 Å². The molecule has 32 heavy (non-hydrogen) atoms. The lowest BCUT2D eigenvalue weighted by Gasteiger charge is -2.19. The van der Waals surface area contributed by atoms with Crippen molar-refractivity contribution in [2.24, 2.45) is 5.92 Å². The summed E-state index contributed by atoms with van der Waals surface area (Å²) in [5, 5.41) is 14.1. The molecule has 0 spiro atoms. The molecule has 1 saturated carbocycles. The highest BCUT2D eigenvalue weighted by molar-refractivity contribution is 6.31. The Morgan fingerprint density at radius 1 is 1.28 bits per heavy atom. The molecule has 2 fully saturated rings. The van der Waals surface area contributed by atoms with Crippen LogP contribution in [0.3, 0.4) is 0 Å². The quantitative estimate of drug-likeness (QED) is 0.494. The van der Waals surface area contributed by atoms with Crippen molar-refractivity contribution in [3.8, 4) is 11.5 Å². The first kappa shape index (κ1) is 21.2. The number of piperidine rings is 1. The SMILES string of the molecule is COc1cc2ncnc(Nc3ccc(F)c(Cl)c3)c2cc1OCCCN1C[C@@H]2CC2(O)C1. The molecule has 168 valence electrons. The zero-order chi connectivity index (χ0) is 22.3. The number of β-amino-alcohol motifs (C(OH)–C–C–N with tert-alkyl or cyclic N) is 1. The average molecular weight is 459 g/mol. The van der Waals surface area contributed by atoms with Gasteiger partial charge in [0.1, 0.15) is 18.0 Å². The van der Waals surface area contributed by atoms with Crippen molar-refractivity contribution in [1.29, 1.82) is 0 Å². The Kier molecular flexibility index (Phi) is 5.53. The van der Waals surface area contributed by atoms with Crippen molar-refractivity contribution in [1.82, 2.24) is 14.9 Å². The number of rotatable bonds is 8. The van der Waals surface area contributed by atoms with Crippen molar-refractivity contribution in [3.63, 3.8) is 0 Å². The lowest BCUT2D eigenvalue weighted by Crippen LogP contribution is -2.29. The maximum Gasteiger partial charge on any atom is 0.162 e. The summed E-state index contributed by atoms with van der Waals surface area (Å²) in [7, 11) is 1.59. The van der Waals surface area contributed by atoms with Crippen LogP contribution in [0.2, 0.25) is 5.02 Å². The van der Waals surface area contributed by atoms with E-state index in [0.717, 1.165) is 37.9 Å². The Balaban J connectivity index is 1.30. The average Bonchev–Trinajstić information content (AvgIpc) is 3.30. The molecule has 0 radical (unpaired) electrons. The van der Waals surface area contributed by atoms with Crippen LogP contribution in [0, 0.1) is 11.7 Å². The monoisotopic (exact) mass is 458 g/mol. The standard InChI is InChI=1S/C23H24ClFN4O3/c1-31-20-9-19-16(22(27-13-26-19)28-15-3-4-18(25)17(24)7-15)8-21(20)32-6-2-5-29-11-14-10-23(14,30)12-29/h3-4,7-9,13-14,30H,2,5-6,10-12H2,1H3,(H,26,27,28)/t14-,23?/m0/s1. The number of ether oxygens (including phenoxy) is 2. The second-order valence-electron chi connectivity index (χ2n) is 8.44. The number of hydrogen-bond donors (Lipinski definition) is 2. The topological polar surface area (TPSA) is 79.7 Å². The highest BCUT2D eigenvalue weighted by Crippen LogP contribution is 2.49. The van der Waals surface area contributed by atoms with Crippen LogP contribution in [0.25, 0.3) is 10.9 Å².